The average molecular weight is 272 g/mol. The van der Waals surface area contributed by atoms with Gasteiger partial charge in [0.15, 0.2) is 0 Å². The highest BCUT2D eigenvalue weighted by molar-refractivity contribution is 5.84. The summed E-state index contributed by atoms with van der Waals surface area (Å²) in [6, 6.07) is 8.56. The van der Waals surface area contributed by atoms with Gasteiger partial charge in [0.1, 0.15) is 6.17 Å². The van der Waals surface area contributed by atoms with Crippen LogP contribution in [0.5, 0.6) is 0 Å². The van der Waals surface area contributed by atoms with E-state index in [-0.39, 0.29) is 12.2 Å². The molecule has 1 aromatic rings. The summed E-state index contributed by atoms with van der Waals surface area (Å²) in [6.45, 7) is 5.16. The van der Waals surface area contributed by atoms with Gasteiger partial charge in [-0.3, -0.25) is 10.1 Å². The predicted octanol–water partition coefficient (Wildman–Crippen LogP) is 3.00. The van der Waals surface area contributed by atoms with E-state index in [0.717, 1.165) is 25.3 Å². The van der Waals surface area contributed by atoms with Crippen LogP contribution in [-0.4, -0.2) is 23.4 Å². The molecule has 0 spiro atoms. The molecular formula is C17H24N2O. The lowest BCUT2D eigenvalue weighted by molar-refractivity contribution is -0.130. The van der Waals surface area contributed by atoms with E-state index in [2.05, 4.69) is 48.3 Å². The monoisotopic (exact) mass is 272 g/mol. The van der Waals surface area contributed by atoms with Crippen molar-refractivity contribution in [3.63, 3.8) is 0 Å². The fourth-order valence-corrected chi connectivity index (χ4v) is 2.97. The van der Waals surface area contributed by atoms with Gasteiger partial charge in [-0.1, -0.05) is 43.2 Å². The molecule has 1 aliphatic carbocycles. The van der Waals surface area contributed by atoms with Crippen LogP contribution in [0.25, 0.3) is 0 Å². The van der Waals surface area contributed by atoms with E-state index in [1.807, 2.05) is 0 Å². The molecule has 0 bridgehead atoms. The van der Waals surface area contributed by atoms with Crippen molar-refractivity contribution < 1.29 is 4.79 Å². The lowest BCUT2D eigenvalue weighted by Gasteiger charge is -2.24. The second-order valence-corrected chi connectivity index (χ2v) is 6.26. The Balaban J connectivity index is 1.81. The minimum Gasteiger partial charge on any atom is -0.321 e. The van der Waals surface area contributed by atoms with Crippen LogP contribution in [0.15, 0.2) is 24.3 Å². The number of hydrogen-bond acceptors (Lipinski definition) is 2. The van der Waals surface area contributed by atoms with Crippen molar-refractivity contribution in [3.8, 4) is 0 Å². The normalized spacial score (nSPS) is 26.3. The maximum atomic E-state index is 12.6. The van der Waals surface area contributed by atoms with Gasteiger partial charge in [-0.15, -0.1) is 0 Å². The van der Waals surface area contributed by atoms with Gasteiger partial charge in [-0.2, -0.15) is 0 Å². The second kappa shape index (κ2) is 5.57. The van der Waals surface area contributed by atoms with E-state index in [1.165, 1.54) is 24.0 Å². The smallest absolute Gasteiger partial charge is 0.241 e. The molecule has 0 aromatic heterocycles. The SMILES string of the molecule is CCCC1NC(c2ccc(C)cc2)N(CC2CC2)C1=O. The molecule has 3 heteroatoms. The highest BCUT2D eigenvalue weighted by Gasteiger charge is 2.41. The van der Waals surface area contributed by atoms with Crippen molar-refractivity contribution >= 4 is 5.91 Å². The van der Waals surface area contributed by atoms with Crippen molar-refractivity contribution in [2.24, 2.45) is 5.92 Å². The molecule has 1 aromatic carbocycles. The number of aryl methyl sites for hydroxylation is 1. The first-order chi connectivity index (χ1) is 9.69. The lowest BCUT2D eigenvalue weighted by atomic mass is 10.1. The predicted molar refractivity (Wildman–Crippen MR) is 80.2 cm³/mol. The van der Waals surface area contributed by atoms with Crippen molar-refractivity contribution in [2.75, 3.05) is 6.54 Å². The van der Waals surface area contributed by atoms with Crippen molar-refractivity contribution in [1.82, 2.24) is 10.2 Å². The van der Waals surface area contributed by atoms with Crippen LogP contribution in [0.3, 0.4) is 0 Å². The summed E-state index contributed by atoms with van der Waals surface area (Å²) in [5.41, 5.74) is 2.47. The van der Waals surface area contributed by atoms with Crippen LogP contribution in [0.4, 0.5) is 0 Å². The minimum absolute atomic E-state index is 0.00468. The summed E-state index contributed by atoms with van der Waals surface area (Å²) in [5.74, 6) is 1.03. The molecule has 1 aliphatic heterocycles. The van der Waals surface area contributed by atoms with E-state index in [9.17, 15) is 4.79 Å². The first-order valence-corrected chi connectivity index (χ1v) is 7.82. The largest absolute Gasteiger partial charge is 0.321 e. The Bertz CT molecular complexity index is 478. The van der Waals surface area contributed by atoms with E-state index < -0.39 is 0 Å². The van der Waals surface area contributed by atoms with Gasteiger partial charge in [0.25, 0.3) is 0 Å². The number of carbonyl (C=O) groups excluding carboxylic acids is 1. The van der Waals surface area contributed by atoms with Crippen LogP contribution in [-0.2, 0) is 4.79 Å². The third kappa shape index (κ3) is 2.73. The summed E-state index contributed by atoms with van der Waals surface area (Å²) < 4.78 is 0. The Morgan fingerprint density at radius 3 is 2.55 bits per heavy atom. The molecule has 1 heterocycles. The molecule has 1 N–H and O–H groups in total. The van der Waals surface area contributed by atoms with Crippen LogP contribution < -0.4 is 5.32 Å². The first-order valence-electron chi connectivity index (χ1n) is 7.82. The zero-order chi connectivity index (χ0) is 14.1. The van der Waals surface area contributed by atoms with Gasteiger partial charge in [0.2, 0.25) is 5.91 Å². The molecule has 20 heavy (non-hydrogen) atoms. The Kier molecular flexibility index (Phi) is 3.79. The quantitative estimate of drug-likeness (QED) is 0.893. The summed E-state index contributed by atoms with van der Waals surface area (Å²) in [5, 5.41) is 3.54. The molecular weight excluding hydrogens is 248 g/mol. The summed E-state index contributed by atoms with van der Waals surface area (Å²) >= 11 is 0. The number of amides is 1. The fraction of sp³-hybridized carbons (Fsp3) is 0.588. The highest BCUT2D eigenvalue weighted by Crippen LogP contribution is 2.35. The van der Waals surface area contributed by atoms with Gasteiger partial charge in [-0.25, -0.2) is 0 Å². The zero-order valence-corrected chi connectivity index (χ0v) is 12.4. The maximum Gasteiger partial charge on any atom is 0.241 e. The molecule has 1 saturated heterocycles. The summed E-state index contributed by atoms with van der Waals surface area (Å²) in [7, 11) is 0. The van der Waals surface area contributed by atoms with Crippen molar-refractivity contribution in [3.05, 3.63) is 35.4 Å². The molecule has 1 amide bonds. The van der Waals surface area contributed by atoms with Crippen LogP contribution >= 0.6 is 0 Å². The number of hydrogen-bond donors (Lipinski definition) is 1. The Morgan fingerprint density at radius 2 is 1.95 bits per heavy atom. The molecule has 108 valence electrons. The van der Waals surface area contributed by atoms with Crippen LogP contribution in [0.1, 0.15) is 49.9 Å². The molecule has 2 aliphatic rings. The number of rotatable bonds is 5. The number of nitrogens with one attached hydrogen (secondary N) is 1. The third-order valence-electron chi connectivity index (χ3n) is 4.37. The fourth-order valence-electron chi connectivity index (χ4n) is 2.97. The lowest BCUT2D eigenvalue weighted by Crippen LogP contribution is -2.32. The standard InChI is InChI=1S/C17H24N2O/c1-3-4-15-17(20)19(11-13-7-8-13)16(18-15)14-9-5-12(2)6-10-14/h5-6,9-10,13,15-16,18H,3-4,7-8,11H2,1-2H3. The summed E-state index contributed by atoms with van der Waals surface area (Å²) in [4.78, 5) is 14.6. The molecule has 3 nitrogen and oxygen atoms in total. The van der Waals surface area contributed by atoms with E-state index >= 15 is 0 Å². The van der Waals surface area contributed by atoms with Gasteiger partial charge in [-0.05, 0) is 37.7 Å². The van der Waals surface area contributed by atoms with E-state index in [1.54, 1.807) is 0 Å². The Morgan fingerprint density at radius 1 is 1.25 bits per heavy atom. The van der Waals surface area contributed by atoms with E-state index in [4.69, 9.17) is 0 Å². The molecule has 2 atom stereocenters. The number of nitrogens with zero attached hydrogens (tertiary/aromatic N) is 1. The van der Waals surface area contributed by atoms with Gasteiger partial charge in [0, 0.05) is 6.54 Å². The maximum absolute atomic E-state index is 12.6. The third-order valence-corrected chi connectivity index (χ3v) is 4.37. The zero-order valence-electron chi connectivity index (χ0n) is 12.4. The number of benzene rings is 1. The molecule has 2 fully saturated rings. The molecule has 3 rings (SSSR count). The molecule has 0 radical (unpaired) electrons. The van der Waals surface area contributed by atoms with Gasteiger partial charge in [0.05, 0.1) is 6.04 Å². The minimum atomic E-state index is 0.00468. The molecule has 2 unspecified atom stereocenters. The highest BCUT2D eigenvalue weighted by atomic mass is 16.2. The van der Waals surface area contributed by atoms with Crippen molar-refractivity contribution in [1.29, 1.82) is 0 Å². The van der Waals surface area contributed by atoms with Crippen molar-refractivity contribution in [2.45, 2.75) is 51.7 Å². The van der Waals surface area contributed by atoms with Gasteiger partial charge < -0.3 is 4.90 Å². The average Bonchev–Trinajstić information content (AvgIpc) is 3.21. The summed E-state index contributed by atoms with van der Waals surface area (Å²) in [6.07, 6.45) is 4.61. The molecule has 1 saturated carbocycles. The number of carbonyl (C=O) groups is 1. The van der Waals surface area contributed by atoms with E-state index in [0.29, 0.717) is 5.91 Å². The topological polar surface area (TPSA) is 32.3 Å². The van der Waals surface area contributed by atoms with Crippen LogP contribution in [0, 0.1) is 12.8 Å². The Hall–Kier alpha value is -1.35. The Labute approximate surface area is 121 Å². The second-order valence-electron chi connectivity index (χ2n) is 6.26. The van der Waals surface area contributed by atoms with Gasteiger partial charge >= 0.3 is 0 Å². The first kappa shape index (κ1) is 13.6. The van der Waals surface area contributed by atoms with Crippen LogP contribution in [0.2, 0.25) is 0 Å².